The summed E-state index contributed by atoms with van der Waals surface area (Å²) < 4.78 is 38.3. The number of hydrogen-bond donors (Lipinski definition) is 1. The van der Waals surface area contributed by atoms with Gasteiger partial charge in [0.15, 0.2) is 6.61 Å². The van der Waals surface area contributed by atoms with Gasteiger partial charge < -0.3 is 14.4 Å². The number of rotatable bonds is 8. The first-order valence-electron chi connectivity index (χ1n) is 10.6. The lowest BCUT2D eigenvalue weighted by atomic mass is 9.97. The van der Waals surface area contributed by atoms with E-state index < -0.39 is 10.0 Å². The number of nitrogens with one attached hydrogen (secondary N) is 1. The van der Waals surface area contributed by atoms with E-state index in [4.69, 9.17) is 9.47 Å². The van der Waals surface area contributed by atoms with Gasteiger partial charge in [-0.3, -0.25) is 14.3 Å². The molecule has 32 heavy (non-hydrogen) atoms. The highest BCUT2D eigenvalue weighted by Crippen LogP contribution is 2.21. The van der Waals surface area contributed by atoms with Crippen LogP contribution in [0.25, 0.3) is 0 Å². The van der Waals surface area contributed by atoms with Gasteiger partial charge in [-0.2, -0.15) is 0 Å². The average molecular weight is 461 g/mol. The molecular formula is C23H28N2O6S. The third kappa shape index (κ3) is 6.23. The zero-order valence-electron chi connectivity index (χ0n) is 18.2. The molecule has 0 saturated carbocycles. The molecule has 0 aromatic heterocycles. The summed E-state index contributed by atoms with van der Waals surface area (Å²) in [7, 11) is -3.73. The molecule has 1 amide bonds. The smallest absolute Gasteiger partial charge is 0.309 e. The Morgan fingerprint density at radius 2 is 1.78 bits per heavy atom. The molecule has 1 N–H and O–H groups in total. The summed E-state index contributed by atoms with van der Waals surface area (Å²) in [6.45, 7) is 4.82. The fourth-order valence-corrected chi connectivity index (χ4v) is 4.55. The molecule has 1 saturated heterocycles. The van der Waals surface area contributed by atoms with Gasteiger partial charge in [-0.15, -0.1) is 0 Å². The number of esters is 1. The van der Waals surface area contributed by atoms with Gasteiger partial charge in [0, 0.05) is 18.8 Å². The second-order valence-corrected chi connectivity index (χ2v) is 9.32. The van der Waals surface area contributed by atoms with Crippen molar-refractivity contribution in [1.29, 1.82) is 0 Å². The summed E-state index contributed by atoms with van der Waals surface area (Å²) >= 11 is 0. The lowest BCUT2D eigenvalue weighted by Gasteiger charge is -2.30. The standard InChI is InChI=1S/C23H28N2O6S/c1-3-30-23(27)18-11-13-25(14-12-18)22(26)16-31-20-7-9-21(10-8-20)32(28,29)24-19-6-4-5-17(2)15-19/h4-10,15,18,24H,3,11-14,16H2,1-2H3. The number of likely N-dealkylation sites (tertiary alicyclic amines) is 1. The van der Waals surface area contributed by atoms with Crippen LogP contribution < -0.4 is 9.46 Å². The highest BCUT2D eigenvalue weighted by molar-refractivity contribution is 7.92. The summed E-state index contributed by atoms with van der Waals surface area (Å²) in [4.78, 5) is 26.0. The van der Waals surface area contributed by atoms with E-state index in [0.29, 0.717) is 44.0 Å². The van der Waals surface area contributed by atoms with Crippen LogP contribution in [0, 0.1) is 12.8 Å². The molecule has 0 spiro atoms. The lowest BCUT2D eigenvalue weighted by Crippen LogP contribution is -2.42. The molecular weight excluding hydrogens is 432 g/mol. The zero-order chi connectivity index (χ0) is 23.1. The SMILES string of the molecule is CCOC(=O)C1CCN(C(=O)COc2ccc(S(=O)(=O)Nc3cccc(C)c3)cc2)CC1. The fourth-order valence-electron chi connectivity index (χ4n) is 3.50. The molecule has 2 aromatic carbocycles. The van der Waals surface area contributed by atoms with E-state index in [1.54, 1.807) is 30.0 Å². The predicted molar refractivity (Wildman–Crippen MR) is 120 cm³/mol. The average Bonchev–Trinajstić information content (AvgIpc) is 2.78. The molecule has 3 rings (SSSR count). The Hall–Kier alpha value is -3.07. The Balaban J connectivity index is 1.50. The van der Waals surface area contributed by atoms with Crippen molar-refractivity contribution in [3.8, 4) is 5.75 Å². The molecule has 1 heterocycles. The van der Waals surface area contributed by atoms with Crippen molar-refractivity contribution >= 4 is 27.6 Å². The highest BCUT2D eigenvalue weighted by Gasteiger charge is 2.28. The monoisotopic (exact) mass is 460 g/mol. The van der Waals surface area contributed by atoms with Crippen molar-refractivity contribution in [3.05, 3.63) is 54.1 Å². The number of hydrogen-bond acceptors (Lipinski definition) is 6. The van der Waals surface area contributed by atoms with Crippen LogP contribution >= 0.6 is 0 Å². The largest absolute Gasteiger partial charge is 0.484 e. The molecule has 0 unspecified atom stereocenters. The number of benzene rings is 2. The summed E-state index contributed by atoms with van der Waals surface area (Å²) in [6.07, 6.45) is 1.15. The van der Waals surface area contributed by atoms with Gasteiger partial charge in [-0.25, -0.2) is 8.42 Å². The van der Waals surface area contributed by atoms with Gasteiger partial charge in [0.1, 0.15) is 5.75 Å². The molecule has 0 atom stereocenters. The molecule has 0 radical (unpaired) electrons. The molecule has 0 bridgehead atoms. The van der Waals surface area contributed by atoms with Gasteiger partial charge in [0.2, 0.25) is 0 Å². The van der Waals surface area contributed by atoms with Crippen molar-refractivity contribution in [3.63, 3.8) is 0 Å². The number of nitrogens with zero attached hydrogens (tertiary/aromatic N) is 1. The van der Waals surface area contributed by atoms with E-state index in [1.165, 1.54) is 24.3 Å². The minimum absolute atomic E-state index is 0.0960. The van der Waals surface area contributed by atoms with Crippen LogP contribution in [0.3, 0.4) is 0 Å². The van der Waals surface area contributed by atoms with Gasteiger partial charge in [0.25, 0.3) is 15.9 Å². The maximum Gasteiger partial charge on any atom is 0.309 e. The van der Waals surface area contributed by atoms with Crippen LogP contribution in [-0.4, -0.2) is 51.5 Å². The molecule has 1 aliphatic heterocycles. The minimum atomic E-state index is -3.73. The van der Waals surface area contributed by atoms with E-state index in [9.17, 15) is 18.0 Å². The first-order chi connectivity index (χ1) is 15.3. The van der Waals surface area contributed by atoms with Crippen molar-refractivity contribution in [1.82, 2.24) is 4.90 Å². The van der Waals surface area contributed by atoms with Crippen molar-refractivity contribution in [2.45, 2.75) is 31.6 Å². The van der Waals surface area contributed by atoms with Gasteiger partial charge in [-0.05, 0) is 68.7 Å². The van der Waals surface area contributed by atoms with Crippen LogP contribution in [0.4, 0.5) is 5.69 Å². The molecule has 1 fully saturated rings. The zero-order valence-corrected chi connectivity index (χ0v) is 19.1. The van der Waals surface area contributed by atoms with E-state index in [2.05, 4.69) is 4.72 Å². The van der Waals surface area contributed by atoms with Gasteiger partial charge in [0.05, 0.1) is 17.4 Å². The first-order valence-corrected chi connectivity index (χ1v) is 12.0. The van der Waals surface area contributed by atoms with Crippen molar-refractivity contribution < 1.29 is 27.5 Å². The van der Waals surface area contributed by atoms with Crippen LogP contribution in [0.1, 0.15) is 25.3 Å². The molecule has 9 heteroatoms. The number of carbonyl (C=O) groups is 2. The fraction of sp³-hybridized carbons (Fsp3) is 0.391. The number of sulfonamides is 1. The van der Waals surface area contributed by atoms with E-state index in [-0.39, 0.29) is 29.3 Å². The van der Waals surface area contributed by atoms with Crippen LogP contribution in [0.15, 0.2) is 53.4 Å². The first kappa shape index (κ1) is 23.6. The van der Waals surface area contributed by atoms with E-state index in [1.807, 2.05) is 13.0 Å². The molecule has 0 aliphatic carbocycles. The summed E-state index contributed by atoms with van der Waals surface area (Å²) in [5.74, 6) is -0.148. The lowest BCUT2D eigenvalue weighted by molar-refractivity contribution is -0.151. The maximum atomic E-state index is 12.6. The van der Waals surface area contributed by atoms with Gasteiger partial charge >= 0.3 is 5.97 Å². The maximum absolute atomic E-state index is 12.6. The minimum Gasteiger partial charge on any atom is -0.484 e. The Morgan fingerprint density at radius 1 is 1.09 bits per heavy atom. The van der Waals surface area contributed by atoms with Crippen LogP contribution in [-0.2, 0) is 24.3 Å². The Kier molecular flexibility index (Phi) is 7.74. The summed E-state index contributed by atoms with van der Waals surface area (Å²) in [5, 5.41) is 0. The Labute approximate surface area is 188 Å². The third-order valence-corrected chi connectivity index (χ3v) is 6.63. The summed E-state index contributed by atoms with van der Waals surface area (Å²) in [6, 6.07) is 13.0. The molecule has 8 nitrogen and oxygen atoms in total. The van der Waals surface area contributed by atoms with E-state index in [0.717, 1.165) is 5.56 Å². The molecule has 1 aliphatic rings. The summed E-state index contributed by atoms with van der Waals surface area (Å²) in [5.41, 5.74) is 1.44. The number of carbonyl (C=O) groups excluding carboxylic acids is 2. The second kappa shape index (κ2) is 10.5. The number of aryl methyl sites for hydroxylation is 1. The Bertz CT molecular complexity index is 1040. The highest BCUT2D eigenvalue weighted by atomic mass is 32.2. The number of anilines is 1. The van der Waals surface area contributed by atoms with E-state index >= 15 is 0 Å². The topological polar surface area (TPSA) is 102 Å². The Morgan fingerprint density at radius 3 is 2.41 bits per heavy atom. The molecule has 172 valence electrons. The number of piperidine rings is 1. The number of amides is 1. The third-order valence-electron chi connectivity index (χ3n) is 5.23. The van der Waals surface area contributed by atoms with Crippen molar-refractivity contribution in [2.75, 3.05) is 31.0 Å². The number of ether oxygens (including phenoxy) is 2. The predicted octanol–water partition coefficient (Wildman–Crippen LogP) is 2.98. The van der Waals surface area contributed by atoms with Gasteiger partial charge in [-0.1, -0.05) is 12.1 Å². The normalized spacial score (nSPS) is 14.6. The van der Waals surface area contributed by atoms with Crippen LogP contribution in [0.5, 0.6) is 5.75 Å². The second-order valence-electron chi connectivity index (χ2n) is 7.64. The quantitative estimate of drug-likeness (QED) is 0.608. The van der Waals surface area contributed by atoms with Crippen LogP contribution in [0.2, 0.25) is 0 Å². The van der Waals surface area contributed by atoms with Crippen molar-refractivity contribution in [2.24, 2.45) is 5.92 Å². The molecule has 2 aromatic rings.